The van der Waals surface area contributed by atoms with Crippen LogP contribution in [0.2, 0.25) is 0 Å². The number of hydrogen-bond acceptors (Lipinski definition) is 4. The minimum absolute atomic E-state index is 0.0413. The van der Waals surface area contributed by atoms with Crippen LogP contribution in [0.15, 0.2) is 54.6 Å². The van der Waals surface area contributed by atoms with E-state index in [0.717, 1.165) is 5.56 Å². The van der Waals surface area contributed by atoms with Crippen molar-refractivity contribution in [3.05, 3.63) is 65.7 Å². The SMILES string of the molecule is COc1ccc(C(C(=O)O)C(=O)OCc2ccccc2)cc1. The molecule has 1 N–H and O–H groups in total. The Morgan fingerprint density at radius 3 is 2.23 bits per heavy atom. The second-order valence-electron chi connectivity index (χ2n) is 4.64. The fourth-order valence-corrected chi connectivity index (χ4v) is 1.99. The third-order valence-electron chi connectivity index (χ3n) is 3.16. The molecule has 0 fully saturated rings. The van der Waals surface area contributed by atoms with E-state index in [0.29, 0.717) is 11.3 Å². The van der Waals surface area contributed by atoms with Crippen LogP contribution in [0.5, 0.6) is 5.75 Å². The van der Waals surface area contributed by atoms with Gasteiger partial charge in [0.2, 0.25) is 0 Å². The fourth-order valence-electron chi connectivity index (χ4n) is 1.99. The molecule has 1 atom stereocenters. The number of esters is 1. The topological polar surface area (TPSA) is 72.8 Å². The lowest BCUT2D eigenvalue weighted by atomic mass is 9.99. The molecule has 0 saturated carbocycles. The van der Waals surface area contributed by atoms with Gasteiger partial charge in [-0.25, -0.2) is 0 Å². The smallest absolute Gasteiger partial charge is 0.325 e. The van der Waals surface area contributed by atoms with Crippen molar-refractivity contribution in [1.82, 2.24) is 0 Å². The Balaban J connectivity index is 2.09. The number of ether oxygens (including phenoxy) is 2. The zero-order chi connectivity index (χ0) is 15.9. The van der Waals surface area contributed by atoms with Gasteiger partial charge < -0.3 is 14.6 Å². The number of hydrogen-bond donors (Lipinski definition) is 1. The van der Waals surface area contributed by atoms with Crippen molar-refractivity contribution in [2.45, 2.75) is 12.5 Å². The Morgan fingerprint density at radius 1 is 1.05 bits per heavy atom. The van der Waals surface area contributed by atoms with Crippen LogP contribution in [0.4, 0.5) is 0 Å². The standard InChI is InChI=1S/C17H16O5/c1-21-14-9-7-13(8-10-14)15(16(18)19)17(20)22-11-12-5-3-2-4-6-12/h2-10,15H,11H2,1H3,(H,18,19). The van der Waals surface area contributed by atoms with Crippen LogP contribution in [0.1, 0.15) is 17.0 Å². The lowest BCUT2D eigenvalue weighted by molar-refractivity contribution is -0.155. The minimum Gasteiger partial charge on any atom is -0.497 e. The number of carboxylic acid groups (broad SMARTS) is 1. The maximum Gasteiger partial charge on any atom is 0.325 e. The monoisotopic (exact) mass is 300 g/mol. The van der Waals surface area contributed by atoms with Crippen LogP contribution >= 0.6 is 0 Å². The maximum atomic E-state index is 12.1. The fraction of sp³-hybridized carbons (Fsp3) is 0.176. The first-order chi connectivity index (χ1) is 10.6. The first-order valence-electron chi connectivity index (χ1n) is 6.69. The zero-order valence-corrected chi connectivity index (χ0v) is 12.1. The Morgan fingerprint density at radius 2 is 1.68 bits per heavy atom. The second-order valence-corrected chi connectivity index (χ2v) is 4.64. The number of carbonyl (C=O) groups is 2. The van der Waals surface area contributed by atoms with E-state index in [1.165, 1.54) is 7.11 Å². The summed E-state index contributed by atoms with van der Waals surface area (Å²) in [7, 11) is 1.51. The molecular weight excluding hydrogens is 284 g/mol. The zero-order valence-electron chi connectivity index (χ0n) is 12.1. The van der Waals surface area contributed by atoms with Crippen LogP contribution < -0.4 is 4.74 Å². The lowest BCUT2D eigenvalue weighted by Crippen LogP contribution is -2.23. The van der Waals surface area contributed by atoms with Gasteiger partial charge in [0.05, 0.1) is 7.11 Å². The normalized spacial score (nSPS) is 11.5. The Kier molecular flexibility index (Phi) is 5.14. The third kappa shape index (κ3) is 3.85. The van der Waals surface area contributed by atoms with Gasteiger partial charge in [-0.05, 0) is 23.3 Å². The molecule has 5 heteroatoms. The highest BCUT2D eigenvalue weighted by molar-refractivity contribution is 5.99. The summed E-state index contributed by atoms with van der Waals surface area (Å²) in [5, 5.41) is 9.29. The summed E-state index contributed by atoms with van der Waals surface area (Å²) in [5.74, 6) is -2.80. The van der Waals surface area contributed by atoms with Gasteiger partial charge >= 0.3 is 11.9 Å². The molecule has 22 heavy (non-hydrogen) atoms. The van der Waals surface area contributed by atoms with E-state index >= 15 is 0 Å². The van der Waals surface area contributed by atoms with Crippen molar-refractivity contribution >= 4 is 11.9 Å². The Bertz CT molecular complexity index is 634. The molecule has 5 nitrogen and oxygen atoms in total. The predicted molar refractivity (Wildman–Crippen MR) is 79.6 cm³/mol. The predicted octanol–water partition coefficient (Wildman–Crippen LogP) is 2.61. The van der Waals surface area contributed by atoms with Gasteiger partial charge in [-0.1, -0.05) is 42.5 Å². The molecule has 0 aliphatic carbocycles. The molecule has 1 unspecified atom stereocenters. The maximum absolute atomic E-state index is 12.1. The molecule has 0 heterocycles. The van der Waals surface area contributed by atoms with Gasteiger partial charge in [0, 0.05) is 0 Å². The molecule has 0 amide bonds. The number of aliphatic carboxylic acids is 1. The van der Waals surface area contributed by atoms with Gasteiger partial charge in [0.1, 0.15) is 12.4 Å². The lowest BCUT2D eigenvalue weighted by Gasteiger charge is -2.13. The molecule has 0 aliphatic rings. The number of rotatable bonds is 6. The molecule has 0 saturated heterocycles. The highest BCUT2D eigenvalue weighted by atomic mass is 16.5. The van der Waals surface area contributed by atoms with E-state index in [4.69, 9.17) is 9.47 Å². The summed E-state index contributed by atoms with van der Waals surface area (Å²) in [6.07, 6.45) is 0. The summed E-state index contributed by atoms with van der Waals surface area (Å²) in [6, 6.07) is 15.4. The van der Waals surface area contributed by atoms with E-state index in [2.05, 4.69) is 0 Å². The summed E-state index contributed by atoms with van der Waals surface area (Å²) in [4.78, 5) is 23.5. The second kappa shape index (κ2) is 7.26. The average molecular weight is 300 g/mol. The van der Waals surface area contributed by atoms with Crippen molar-refractivity contribution in [3.8, 4) is 5.75 Å². The highest BCUT2D eigenvalue weighted by Gasteiger charge is 2.29. The number of carbonyl (C=O) groups excluding carboxylic acids is 1. The van der Waals surface area contributed by atoms with Gasteiger partial charge in [-0.2, -0.15) is 0 Å². The van der Waals surface area contributed by atoms with Crippen molar-refractivity contribution in [1.29, 1.82) is 0 Å². The number of methoxy groups -OCH3 is 1. The largest absolute Gasteiger partial charge is 0.497 e. The molecule has 0 radical (unpaired) electrons. The van der Waals surface area contributed by atoms with Gasteiger partial charge in [0.25, 0.3) is 0 Å². The number of carboxylic acids is 1. The van der Waals surface area contributed by atoms with Gasteiger partial charge in [0.15, 0.2) is 5.92 Å². The van der Waals surface area contributed by atoms with Crippen LogP contribution in [-0.4, -0.2) is 24.2 Å². The van der Waals surface area contributed by atoms with Crippen molar-refractivity contribution in [3.63, 3.8) is 0 Å². The van der Waals surface area contributed by atoms with Crippen molar-refractivity contribution < 1.29 is 24.2 Å². The van der Waals surface area contributed by atoms with Crippen LogP contribution in [0.3, 0.4) is 0 Å². The summed E-state index contributed by atoms with van der Waals surface area (Å²) >= 11 is 0. The summed E-state index contributed by atoms with van der Waals surface area (Å²) in [6.45, 7) is 0.0413. The van der Waals surface area contributed by atoms with Gasteiger partial charge in [-0.15, -0.1) is 0 Å². The molecule has 2 rings (SSSR count). The molecule has 0 bridgehead atoms. The van der Waals surface area contributed by atoms with Crippen LogP contribution in [0.25, 0.3) is 0 Å². The molecule has 0 aliphatic heterocycles. The quantitative estimate of drug-likeness (QED) is 0.656. The Hall–Kier alpha value is -2.82. The Labute approximate surface area is 128 Å². The van der Waals surface area contributed by atoms with Crippen LogP contribution in [-0.2, 0) is 20.9 Å². The molecule has 2 aromatic rings. The summed E-state index contributed by atoms with van der Waals surface area (Å²) < 4.78 is 10.1. The van der Waals surface area contributed by atoms with E-state index < -0.39 is 17.9 Å². The molecule has 0 aromatic heterocycles. The van der Waals surface area contributed by atoms with Gasteiger partial charge in [-0.3, -0.25) is 9.59 Å². The van der Waals surface area contributed by atoms with Crippen molar-refractivity contribution in [2.75, 3.05) is 7.11 Å². The molecule has 0 spiro atoms. The first-order valence-corrected chi connectivity index (χ1v) is 6.69. The summed E-state index contributed by atoms with van der Waals surface area (Å²) in [5.41, 5.74) is 1.15. The van der Waals surface area contributed by atoms with E-state index in [1.54, 1.807) is 36.4 Å². The van der Waals surface area contributed by atoms with E-state index in [1.807, 2.05) is 18.2 Å². The van der Waals surface area contributed by atoms with Crippen LogP contribution in [0, 0.1) is 0 Å². The third-order valence-corrected chi connectivity index (χ3v) is 3.16. The molecule has 114 valence electrons. The highest BCUT2D eigenvalue weighted by Crippen LogP contribution is 2.21. The first kappa shape index (κ1) is 15.6. The van der Waals surface area contributed by atoms with E-state index in [-0.39, 0.29) is 6.61 Å². The number of benzene rings is 2. The average Bonchev–Trinajstić information content (AvgIpc) is 2.54. The minimum atomic E-state index is -1.35. The van der Waals surface area contributed by atoms with Crippen molar-refractivity contribution in [2.24, 2.45) is 0 Å². The molecule has 2 aromatic carbocycles. The molecular formula is C17H16O5. The van der Waals surface area contributed by atoms with E-state index in [9.17, 15) is 14.7 Å².